The maximum atomic E-state index is 13.0. The van der Waals surface area contributed by atoms with Gasteiger partial charge in [-0.2, -0.15) is 0 Å². The molecule has 0 radical (unpaired) electrons. The number of aryl methyl sites for hydroxylation is 1. The molecule has 2 aliphatic heterocycles. The number of carbonyl (C=O) groups is 2. The molecule has 0 spiro atoms. The fraction of sp³-hybridized carbons (Fsp3) is 0.625. The molecule has 2 saturated heterocycles. The van der Waals surface area contributed by atoms with E-state index in [0.29, 0.717) is 29.3 Å². The first-order valence-corrected chi connectivity index (χ1v) is 7.92. The van der Waals surface area contributed by atoms with Crippen LogP contribution in [0.1, 0.15) is 58.6 Å². The molecule has 1 amide bonds. The summed E-state index contributed by atoms with van der Waals surface area (Å²) in [5, 5.41) is 3.40. The van der Waals surface area contributed by atoms with Gasteiger partial charge in [0.15, 0.2) is 5.78 Å². The summed E-state index contributed by atoms with van der Waals surface area (Å²) in [6.07, 6.45) is 6.75. The number of fused-ring (bicyclic) bond motifs is 3. The van der Waals surface area contributed by atoms with E-state index >= 15 is 0 Å². The summed E-state index contributed by atoms with van der Waals surface area (Å²) in [5.41, 5.74) is 1.05. The Morgan fingerprint density at radius 3 is 3.00 bits per heavy atom. The van der Waals surface area contributed by atoms with Gasteiger partial charge in [0.1, 0.15) is 12.0 Å². The van der Waals surface area contributed by atoms with E-state index in [0.717, 1.165) is 45.2 Å². The highest BCUT2D eigenvalue weighted by Crippen LogP contribution is 2.33. The van der Waals surface area contributed by atoms with Gasteiger partial charge in [-0.25, -0.2) is 0 Å². The van der Waals surface area contributed by atoms with Crippen molar-refractivity contribution in [3.63, 3.8) is 0 Å². The van der Waals surface area contributed by atoms with Crippen molar-refractivity contribution in [2.75, 3.05) is 13.1 Å². The topological polar surface area (TPSA) is 62.6 Å². The smallest absolute Gasteiger partial charge is 0.258 e. The van der Waals surface area contributed by atoms with E-state index in [-0.39, 0.29) is 17.7 Å². The molecule has 5 heteroatoms. The Hall–Kier alpha value is -1.62. The molecule has 3 heterocycles. The molecule has 2 atom stereocenters. The summed E-state index contributed by atoms with van der Waals surface area (Å²) in [5.74, 6) is 0.759. The Morgan fingerprint density at radius 2 is 2.10 bits per heavy atom. The third-order valence-electron chi connectivity index (χ3n) is 5.07. The van der Waals surface area contributed by atoms with Gasteiger partial charge >= 0.3 is 0 Å². The molecule has 0 aromatic carbocycles. The minimum atomic E-state index is -0.00792. The third-order valence-corrected chi connectivity index (χ3v) is 5.07. The highest BCUT2D eigenvalue weighted by molar-refractivity contribution is 6.09. The lowest BCUT2D eigenvalue weighted by molar-refractivity contribution is 0.0675. The van der Waals surface area contributed by atoms with Crippen molar-refractivity contribution >= 4 is 11.7 Å². The summed E-state index contributed by atoms with van der Waals surface area (Å²) in [4.78, 5) is 27.1. The molecule has 4 rings (SSSR count). The van der Waals surface area contributed by atoms with E-state index in [4.69, 9.17) is 4.42 Å². The van der Waals surface area contributed by atoms with Crippen molar-refractivity contribution in [3.05, 3.63) is 23.2 Å². The minimum absolute atomic E-state index is 0.00792. The van der Waals surface area contributed by atoms with Crippen LogP contribution in [0.25, 0.3) is 0 Å². The number of ketones is 1. The van der Waals surface area contributed by atoms with Crippen LogP contribution in [0.3, 0.4) is 0 Å². The molecule has 1 N–H and O–H groups in total. The molecule has 5 nitrogen and oxygen atoms in total. The molecule has 0 unspecified atom stereocenters. The second-order valence-corrected chi connectivity index (χ2v) is 6.31. The normalized spacial score (nSPS) is 28.4. The van der Waals surface area contributed by atoms with E-state index < -0.39 is 0 Å². The zero-order valence-corrected chi connectivity index (χ0v) is 12.1. The van der Waals surface area contributed by atoms with Crippen LogP contribution in [0.4, 0.5) is 0 Å². The lowest BCUT2D eigenvalue weighted by Gasteiger charge is -2.28. The number of carbonyl (C=O) groups excluding carboxylic acids is 2. The minimum Gasteiger partial charge on any atom is -0.468 e. The van der Waals surface area contributed by atoms with Crippen LogP contribution in [0, 0.1) is 0 Å². The van der Waals surface area contributed by atoms with Crippen LogP contribution in [0.15, 0.2) is 10.7 Å². The second-order valence-electron chi connectivity index (χ2n) is 6.31. The third kappa shape index (κ3) is 2.02. The first kappa shape index (κ1) is 13.1. The monoisotopic (exact) mass is 288 g/mol. The summed E-state index contributed by atoms with van der Waals surface area (Å²) in [6, 6.07) is 0.566. The maximum Gasteiger partial charge on any atom is 0.258 e. The number of nitrogens with zero attached hydrogens (tertiary/aromatic N) is 1. The van der Waals surface area contributed by atoms with E-state index in [2.05, 4.69) is 5.32 Å². The molecular formula is C16H20N2O3. The first-order valence-electron chi connectivity index (χ1n) is 7.92. The lowest BCUT2D eigenvalue weighted by atomic mass is 9.93. The Morgan fingerprint density at radius 1 is 1.24 bits per heavy atom. The molecule has 1 aromatic heterocycles. The highest BCUT2D eigenvalue weighted by Gasteiger charge is 2.40. The summed E-state index contributed by atoms with van der Waals surface area (Å²) < 4.78 is 5.51. The number of rotatable bonds is 1. The Kier molecular flexibility index (Phi) is 3.10. The first-order chi connectivity index (χ1) is 10.3. The SMILES string of the molecule is O=C1CCCc2occ(C(=O)N3[C@@H]4CCNC[C@H]3CC4)c21. The molecule has 2 bridgehead atoms. The van der Waals surface area contributed by atoms with Crippen molar-refractivity contribution in [1.29, 1.82) is 0 Å². The van der Waals surface area contributed by atoms with Crippen LogP contribution in [0.5, 0.6) is 0 Å². The van der Waals surface area contributed by atoms with E-state index in [1.54, 1.807) is 0 Å². The number of Topliss-reactive ketones (excluding diaryl/α,β-unsaturated/α-hetero) is 1. The average Bonchev–Trinajstić information content (AvgIpc) is 2.99. The molecule has 2 fully saturated rings. The Labute approximate surface area is 123 Å². The molecule has 1 aromatic rings. The molecule has 112 valence electrons. The zero-order valence-electron chi connectivity index (χ0n) is 12.1. The predicted molar refractivity (Wildman–Crippen MR) is 76.4 cm³/mol. The van der Waals surface area contributed by atoms with Crippen LogP contribution in [0.2, 0.25) is 0 Å². The number of nitrogens with one attached hydrogen (secondary N) is 1. The molecule has 0 saturated carbocycles. The lowest BCUT2D eigenvalue weighted by Crippen LogP contribution is -2.42. The number of furan rings is 1. The summed E-state index contributed by atoms with van der Waals surface area (Å²) in [6.45, 7) is 1.82. The van der Waals surface area contributed by atoms with Gasteiger partial charge in [0.2, 0.25) is 0 Å². The van der Waals surface area contributed by atoms with Crippen LogP contribution < -0.4 is 5.32 Å². The predicted octanol–water partition coefficient (Wildman–Crippen LogP) is 1.77. The van der Waals surface area contributed by atoms with Gasteiger partial charge in [-0.1, -0.05) is 0 Å². The molecular weight excluding hydrogens is 268 g/mol. The van der Waals surface area contributed by atoms with Crippen molar-refractivity contribution in [2.24, 2.45) is 0 Å². The van der Waals surface area contributed by atoms with Crippen LogP contribution >= 0.6 is 0 Å². The number of hydrogen-bond donors (Lipinski definition) is 1. The van der Waals surface area contributed by atoms with Crippen LogP contribution in [-0.4, -0.2) is 41.8 Å². The molecule has 21 heavy (non-hydrogen) atoms. The summed E-state index contributed by atoms with van der Waals surface area (Å²) >= 11 is 0. The van der Waals surface area contributed by atoms with Gasteiger partial charge in [-0.05, 0) is 32.2 Å². The maximum absolute atomic E-state index is 13.0. The fourth-order valence-electron chi connectivity index (χ4n) is 4.03. The Bertz CT molecular complexity index is 578. The van der Waals surface area contributed by atoms with Crippen molar-refractivity contribution < 1.29 is 14.0 Å². The zero-order chi connectivity index (χ0) is 14.4. The van der Waals surface area contributed by atoms with E-state index in [1.807, 2.05) is 4.90 Å². The fourth-order valence-corrected chi connectivity index (χ4v) is 4.03. The second kappa shape index (κ2) is 4.98. The quantitative estimate of drug-likeness (QED) is 0.855. The average molecular weight is 288 g/mol. The number of amides is 1. The molecule has 3 aliphatic rings. The number of hydrogen-bond acceptors (Lipinski definition) is 4. The van der Waals surface area contributed by atoms with Gasteiger partial charge in [0.05, 0.1) is 11.1 Å². The van der Waals surface area contributed by atoms with E-state index in [1.165, 1.54) is 6.26 Å². The van der Waals surface area contributed by atoms with Gasteiger partial charge in [0.25, 0.3) is 5.91 Å². The van der Waals surface area contributed by atoms with E-state index in [9.17, 15) is 9.59 Å². The van der Waals surface area contributed by atoms with Crippen molar-refractivity contribution in [3.8, 4) is 0 Å². The van der Waals surface area contributed by atoms with Gasteiger partial charge in [0, 0.05) is 31.5 Å². The van der Waals surface area contributed by atoms with Crippen molar-refractivity contribution in [2.45, 2.75) is 50.6 Å². The van der Waals surface area contributed by atoms with Crippen molar-refractivity contribution in [1.82, 2.24) is 10.2 Å². The van der Waals surface area contributed by atoms with Gasteiger partial charge in [-0.15, -0.1) is 0 Å². The molecule has 1 aliphatic carbocycles. The largest absolute Gasteiger partial charge is 0.468 e. The Balaban J connectivity index is 1.69. The summed E-state index contributed by atoms with van der Waals surface area (Å²) in [7, 11) is 0. The van der Waals surface area contributed by atoms with Gasteiger partial charge < -0.3 is 14.6 Å². The van der Waals surface area contributed by atoms with Crippen LogP contribution in [-0.2, 0) is 6.42 Å². The highest BCUT2D eigenvalue weighted by atomic mass is 16.3. The standard InChI is InChI=1S/C16H20N2O3/c19-13-2-1-3-14-15(13)12(9-21-14)16(20)18-10-4-5-11(18)8-17-7-6-10/h9-11,17H,1-8H2/t10-,11+/m0/s1. The van der Waals surface area contributed by atoms with Gasteiger partial charge in [-0.3, -0.25) is 9.59 Å².